The molecule has 0 unspecified atom stereocenters. The molecule has 1 aliphatic rings. The van der Waals surface area contributed by atoms with Gasteiger partial charge in [-0.25, -0.2) is 0 Å². The van der Waals surface area contributed by atoms with E-state index < -0.39 is 0 Å². The average Bonchev–Trinajstić information content (AvgIpc) is 2.03. The third-order valence-corrected chi connectivity index (χ3v) is 2.01. The Morgan fingerprint density at radius 3 is 2.70 bits per heavy atom. The second kappa shape index (κ2) is 4.29. The lowest BCUT2D eigenvalue weighted by molar-refractivity contribution is 0.0643. The fraction of sp³-hybridized carbons (Fsp3) is 0.875. The van der Waals surface area contributed by atoms with Crippen molar-refractivity contribution in [2.45, 2.75) is 25.7 Å². The molecule has 56 valence electrons. The third kappa shape index (κ3) is 2.36. The first-order valence-electron chi connectivity index (χ1n) is 3.88. The van der Waals surface area contributed by atoms with E-state index in [0.29, 0.717) is 6.42 Å². The van der Waals surface area contributed by atoms with Gasteiger partial charge in [0.2, 0.25) is 0 Å². The summed E-state index contributed by atoms with van der Waals surface area (Å²) in [6, 6.07) is 2.17. The van der Waals surface area contributed by atoms with Gasteiger partial charge in [0, 0.05) is 19.6 Å². The lowest BCUT2D eigenvalue weighted by atomic mass is 9.95. The highest BCUT2D eigenvalue weighted by Crippen LogP contribution is 2.19. The van der Waals surface area contributed by atoms with Crippen molar-refractivity contribution in [3.63, 3.8) is 0 Å². The summed E-state index contributed by atoms with van der Waals surface area (Å²) < 4.78 is 5.20. The number of hydrogen-bond acceptors (Lipinski definition) is 2. The highest BCUT2D eigenvalue weighted by molar-refractivity contribution is 4.73. The van der Waals surface area contributed by atoms with E-state index in [1.807, 2.05) is 0 Å². The van der Waals surface area contributed by atoms with Crippen molar-refractivity contribution in [1.29, 1.82) is 5.26 Å². The van der Waals surface area contributed by atoms with Crippen molar-refractivity contribution in [3.8, 4) is 6.07 Å². The molecular formula is C8H13NO. The number of nitrogens with zero attached hydrogens (tertiary/aromatic N) is 1. The van der Waals surface area contributed by atoms with E-state index in [0.717, 1.165) is 38.4 Å². The quantitative estimate of drug-likeness (QED) is 0.583. The molecule has 10 heavy (non-hydrogen) atoms. The summed E-state index contributed by atoms with van der Waals surface area (Å²) in [6.07, 6.45) is 4.09. The molecule has 0 atom stereocenters. The van der Waals surface area contributed by atoms with Crippen LogP contribution in [0.2, 0.25) is 0 Å². The molecule has 0 radical (unpaired) electrons. The van der Waals surface area contributed by atoms with Gasteiger partial charge in [0.15, 0.2) is 0 Å². The van der Waals surface area contributed by atoms with Gasteiger partial charge >= 0.3 is 0 Å². The van der Waals surface area contributed by atoms with Crippen LogP contribution in [0, 0.1) is 17.2 Å². The second-order valence-electron chi connectivity index (χ2n) is 2.75. The van der Waals surface area contributed by atoms with E-state index >= 15 is 0 Å². The molecule has 2 nitrogen and oxygen atoms in total. The number of rotatable bonds is 2. The zero-order valence-electron chi connectivity index (χ0n) is 6.18. The molecule has 1 saturated heterocycles. The Balaban J connectivity index is 2.09. The van der Waals surface area contributed by atoms with Crippen LogP contribution in [0.3, 0.4) is 0 Å². The maximum atomic E-state index is 8.32. The Bertz CT molecular complexity index is 122. The molecule has 0 aliphatic carbocycles. The Kier molecular flexibility index (Phi) is 3.25. The van der Waals surface area contributed by atoms with Crippen LogP contribution >= 0.6 is 0 Å². The van der Waals surface area contributed by atoms with E-state index in [1.54, 1.807) is 0 Å². The first-order chi connectivity index (χ1) is 4.93. The van der Waals surface area contributed by atoms with Crippen LogP contribution in [0.1, 0.15) is 25.7 Å². The van der Waals surface area contributed by atoms with Crippen LogP contribution < -0.4 is 0 Å². The third-order valence-electron chi connectivity index (χ3n) is 2.01. The predicted molar refractivity (Wildman–Crippen MR) is 38.4 cm³/mol. The summed E-state index contributed by atoms with van der Waals surface area (Å²) in [4.78, 5) is 0. The molecule has 0 amide bonds. The van der Waals surface area contributed by atoms with Gasteiger partial charge < -0.3 is 4.74 Å². The molecular weight excluding hydrogens is 126 g/mol. The minimum Gasteiger partial charge on any atom is -0.381 e. The minimum absolute atomic E-state index is 0.713. The molecule has 1 rings (SSSR count). The Morgan fingerprint density at radius 2 is 2.10 bits per heavy atom. The van der Waals surface area contributed by atoms with Crippen LogP contribution in [-0.2, 0) is 4.74 Å². The minimum atomic E-state index is 0.713. The highest BCUT2D eigenvalue weighted by Gasteiger charge is 2.12. The summed E-state index contributed by atoms with van der Waals surface area (Å²) in [7, 11) is 0. The van der Waals surface area contributed by atoms with Gasteiger partial charge in [0.05, 0.1) is 6.07 Å². The second-order valence-corrected chi connectivity index (χ2v) is 2.75. The SMILES string of the molecule is N#CCCC1CCOCC1. The van der Waals surface area contributed by atoms with Crippen LogP contribution in [0.4, 0.5) is 0 Å². The number of hydrogen-bond donors (Lipinski definition) is 0. The van der Waals surface area contributed by atoms with Gasteiger partial charge in [-0.3, -0.25) is 0 Å². The summed E-state index contributed by atoms with van der Waals surface area (Å²) in [5.41, 5.74) is 0. The van der Waals surface area contributed by atoms with Gasteiger partial charge in [0.25, 0.3) is 0 Å². The maximum Gasteiger partial charge on any atom is 0.0621 e. The molecule has 0 aromatic rings. The average molecular weight is 139 g/mol. The zero-order chi connectivity index (χ0) is 7.23. The van der Waals surface area contributed by atoms with Crippen molar-refractivity contribution in [2.75, 3.05) is 13.2 Å². The number of ether oxygens (including phenoxy) is 1. The predicted octanol–water partition coefficient (Wildman–Crippen LogP) is 1.72. The molecule has 0 saturated carbocycles. The Hall–Kier alpha value is -0.550. The van der Waals surface area contributed by atoms with Gasteiger partial charge in [-0.15, -0.1) is 0 Å². The molecule has 1 heterocycles. The largest absolute Gasteiger partial charge is 0.381 e. The molecule has 2 heteroatoms. The fourth-order valence-corrected chi connectivity index (χ4v) is 1.30. The maximum absolute atomic E-state index is 8.32. The zero-order valence-corrected chi connectivity index (χ0v) is 6.18. The summed E-state index contributed by atoms with van der Waals surface area (Å²) in [6.45, 7) is 1.80. The molecule has 0 aromatic heterocycles. The Morgan fingerprint density at radius 1 is 1.40 bits per heavy atom. The summed E-state index contributed by atoms with van der Waals surface area (Å²) in [5.74, 6) is 0.758. The highest BCUT2D eigenvalue weighted by atomic mass is 16.5. The molecule has 0 aromatic carbocycles. The first kappa shape index (κ1) is 7.56. The van der Waals surface area contributed by atoms with Crippen molar-refractivity contribution < 1.29 is 4.74 Å². The monoisotopic (exact) mass is 139 g/mol. The van der Waals surface area contributed by atoms with E-state index in [2.05, 4.69) is 6.07 Å². The van der Waals surface area contributed by atoms with Crippen LogP contribution in [0.15, 0.2) is 0 Å². The molecule has 1 aliphatic heterocycles. The standard InChI is InChI=1S/C8H13NO/c9-5-1-2-8-3-6-10-7-4-8/h8H,1-4,6-7H2. The van der Waals surface area contributed by atoms with Gasteiger partial charge in [-0.05, 0) is 25.2 Å². The van der Waals surface area contributed by atoms with Crippen molar-refractivity contribution in [2.24, 2.45) is 5.92 Å². The van der Waals surface area contributed by atoms with Crippen molar-refractivity contribution in [3.05, 3.63) is 0 Å². The van der Waals surface area contributed by atoms with Gasteiger partial charge in [0.1, 0.15) is 0 Å². The normalized spacial score (nSPS) is 20.3. The smallest absolute Gasteiger partial charge is 0.0621 e. The lowest BCUT2D eigenvalue weighted by Gasteiger charge is -2.20. The first-order valence-corrected chi connectivity index (χ1v) is 3.88. The van der Waals surface area contributed by atoms with E-state index in [1.165, 1.54) is 0 Å². The van der Waals surface area contributed by atoms with Crippen LogP contribution in [-0.4, -0.2) is 13.2 Å². The molecule has 0 N–H and O–H groups in total. The summed E-state index contributed by atoms with van der Waals surface area (Å²) in [5, 5.41) is 8.32. The van der Waals surface area contributed by atoms with Crippen LogP contribution in [0.5, 0.6) is 0 Å². The topological polar surface area (TPSA) is 33.0 Å². The van der Waals surface area contributed by atoms with E-state index in [-0.39, 0.29) is 0 Å². The van der Waals surface area contributed by atoms with E-state index in [4.69, 9.17) is 10.00 Å². The van der Waals surface area contributed by atoms with Crippen molar-refractivity contribution >= 4 is 0 Å². The van der Waals surface area contributed by atoms with E-state index in [9.17, 15) is 0 Å². The molecule has 1 fully saturated rings. The Labute approximate surface area is 61.8 Å². The van der Waals surface area contributed by atoms with Crippen LogP contribution in [0.25, 0.3) is 0 Å². The van der Waals surface area contributed by atoms with Gasteiger partial charge in [-0.2, -0.15) is 5.26 Å². The summed E-state index contributed by atoms with van der Waals surface area (Å²) >= 11 is 0. The lowest BCUT2D eigenvalue weighted by Crippen LogP contribution is -2.15. The van der Waals surface area contributed by atoms with Crippen molar-refractivity contribution in [1.82, 2.24) is 0 Å². The molecule has 0 bridgehead atoms. The number of nitriles is 1. The fourth-order valence-electron chi connectivity index (χ4n) is 1.30. The molecule has 0 spiro atoms. The van der Waals surface area contributed by atoms with Gasteiger partial charge in [-0.1, -0.05) is 0 Å².